The third kappa shape index (κ3) is 3.58. The maximum atomic E-state index is 12.0. The van der Waals surface area contributed by atoms with Crippen molar-refractivity contribution in [1.29, 1.82) is 0 Å². The fraction of sp³-hybridized carbons (Fsp3) is 0.400. The summed E-state index contributed by atoms with van der Waals surface area (Å²) in [6, 6.07) is 2.82. The molecule has 0 atom stereocenters. The first-order chi connectivity index (χ1) is 8.42. The first kappa shape index (κ1) is 15.2. The zero-order valence-electron chi connectivity index (χ0n) is 9.81. The fourth-order valence-corrected chi connectivity index (χ4v) is 2.86. The van der Waals surface area contributed by atoms with E-state index in [2.05, 4.69) is 20.7 Å². The Hall–Kier alpha value is -0.830. The predicted molar refractivity (Wildman–Crippen MR) is 72.0 cm³/mol. The van der Waals surface area contributed by atoms with Crippen LogP contribution in [0.25, 0.3) is 0 Å². The molecule has 6 nitrogen and oxygen atoms in total. The van der Waals surface area contributed by atoms with Crippen molar-refractivity contribution in [3.63, 3.8) is 0 Å². The highest BCUT2D eigenvalue weighted by atomic mass is 79.9. The van der Waals surface area contributed by atoms with Gasteiger partial charge in [0.15, 0.2) is 0 Å². The topological polar surface area (TPSA) is 102 Å². The molecule has 0 bridgehead atoms. The van der Waals surface area contributed by atoms with E-state index < -0.39 is 10.0 Å². The van der Waals surface area contributed by atoms with Gasteiger partial charge in [0.05, 0.1) is 7.11 Å². The van der Waals surface area contributed by atoms with Crippen molar-refractivity contribution in [2.75, 3.05) is 26.0 Å². The molecule has 1 aromatic rings. The highest BCUT2D eigenvalue weighted by molar-refractivity contribution is 9.10. The number of nitrogen functional groups attached to an aromatic ring is 1. The largest absolute Gasteiger partial charge is 0.495 e. The van der Waals surface area contributed by atoms with E-state index in [0.29, 0.717) is 16.6 Å². The molecule has 1 aromatic carbocycles. The van der Waals surface area contributed by atoms with Crippen LogP contribution in [0.4, 0.5) is 5.69 Å². The summed E-state index contributed by atoms with van der Waals surface area (Å²) in [4.78, 5) is -0.0244. The molecule has 1 rings (SSSR count). The van der Waals surface area contributed by atoms with E-state index in [1.807, 2.05) is 0 Å². The number of halogens is 1. The Balaban J connectivity index is 3.11. The van der Waals surface area contributed by atoms with Gasteiger partial charge in [-0.05, 0) is 34.5 Å². The third-order valence-corrected chi connectivity index (χ3v) is 4.37. The molecule has 0 aliphatic carbocycles. The van der Waals surface area contributed by atoms with E-state index in [0.717, 1.165) is 0 Å². The first-order valence-electron chi connectivity index (χ1n) is 5.16. The number of nitrogens with one attached hydrogen (secondary N) is 1. The quantitative estimate of drug-likeness (QED) is 0.523. The summed E-state index contributed by atoms with van der Waals surface area (Å²) in [5.41, 5.74) is 5.97. The summed E-state index contributed by atoms with van der Waals surface area (Å²) in [5, 5.41) is 8.63. The van der Waals surface area contributed by atoms with Crippen LogP contribution < -0.4 is 15.2 Å². The number of aliphatic hydroxyl groups is 1. The SMILES string of the molecule is COc1cc(Br)c(N)cc1S(=O)(=O)NCCCO. The van der Waals surface area contributed by atoms with Gasteiger partial charge in [0, 0.05) is 23.3 Å². The second-order valence-corrected chi connectivity index (χ2v) is 6.09. The minimum Gasteiger partial charge on any atom is -0.495 e. The van der Waals surface area contributed by atoms with E-state index in [4.69, 9.17) is 15.6 Å². The van der Waals surface area contributed by atoms with Crippen LogP contribution in [0.1, 0.15) is 6.42 Å². The molecule has 8 heteroatoms. The summed E-state index contributed by atoms with van der Waals surface area (Å²) in [6.45, 7) is 0.0695. The van der Waals surface area contributed by atoms with E-state index in [1.54, 1.807) is 0 Å². The molecule has 0 aromatic heterocycles. The molecule has 0 saturated carbocycles. The highest BCUT2D eigenvalue weighted by Gasteiger charge is 2.20. The van der Waals surface area contributed by atoms with Crippen molar-refractivity contribution < 1.29 is 18.3 Å². The molecule has 4 N–H and O–H groups in total. The number of rotatable bonds is 6. The zero-order valence-corrected chi connectivity index (χ0v) is 12.2. The van der Waals surface area contributed by atoms with Crippen LogP contribution in [0, 0.1) is 0 Å². The number of ether oxygens (including phenoxy) is 1. The van der Waals surface area contributed by atoms with Crippen LogP contribution in [0.3, 0.4) is 0 Å². The average Bonchev–Trinajstić information content (AvgIpc) is 2.32. The van der Waals surface area contributed by atoms with Gasteiger partial charge in [-0.2, -0.15) is 0 Å². The number of hydrogen-bond acceptors (Lipinski definition) is 5. The molecular formula is C10H15BrN2O4S. The van der Waals surface area contributed by atoms with Gasteiger partial charge >= 0.3 is 0 Å². The smallest absolute Gasteiger partial charge is 0.244 e. The summed E-state index contributed by atoms with van der Waals surface area (Å²) >= 11 is 3.20. The molecule has 0 heterocycles. The molecule has 0 unspecified atom stereocenters. The Morgan fingerprint density at radius 3 is 2.72 bits per heavy atom. The van der Waals surface area contributed by atoms with Crippen LogP contribution >= 0.6 is 15.9 Å². The molecule has 0 aliphatic rings. The lowest BCUT2D eigenvalue weighted by Crippen LogP contribution is -2.26. The lowest BCUT2D eigenvalue weighted by molar-refractivity contribution is 0.289. The average molecular weight is 339 g/mol. The Labute approximate surface area is 114 Å². The molecule has 0 fully saturated rings. The second kappa shape index (κ2) is 6.37. The maximum Gasteiger partial charge on any atom is 0.244 e. The van der Waals surface area contributed by atoms with Gasteiger partial charge in [0.1, 0.15) is 10.6 Å². The fourth-order valence-electron chi connectivity index (χ4n) is 1.28. The molecule has 102 valence electrons. The van der Waals surface area contributed by atoms with Crippen molar-refractivity contribution in [3.8, 4) is 5.75 Å². The lowest BCUT2D eigenvalue weighted by atomic mass is 10.3. The summed E-state index contributed by atoms with van der Waals surface area (Å²) in [5.74, 6) is 0.201. The summed E-state index contributed by atoms with van der Waals surface area (Å²) in [6.07, 6.45) is 0.341. The summed E-state index contributed by atoms with van der Waals surface area (Å²) < 4.78 is 32.0. The van der Waals surface area contributed by atoms with Gasteiger partial charge in [-0.15, -0.1) is 0 Å². The minimum absolute atomic E-state index is 0.0244. The number of nitrogens with two attached hydrogens (primary N) is 1. The van der Waals surface area contributed by atoms with Crippen LogP contribution in [0.5, 0.6) is 5.75 Å². The Bertz CT molecular complexity index is 519. The lowest BCUT2D eigenvalue weighted by Gasteiger charge is -2.12. The Kier molecular flexibility index (Phi) is 5.39. The van der Waals surface area contributed by atoms with Crippen LogP contribution in [0.15, 0.2) is 21.5 Å². The van der Waals surface area contributed by atoms with Crippen LogP contribution in [-0.2, 0) is 10.0 Å². The Morgan fingerprint density at radius 2 is 2.17 bits per heavy atom. The van der Waals surface area contributed by atoms with E-state index in [9.17, 15) is 8.42 Å². The number of sulfonamides is 1. The van der Waals surface area contributed by atoms with Crippen molar-refractivity contribution in [3.05, 3.63) is 16.6 Å². The van der Waals surface area contributed by atoms with Gasteiger partial charge in [-0.1, -0.05) is 0 Å². The maximum absolute atomic E-state index is 12.0. The van der Waals surface area contributed by atoms with Crippen molar-refractivity contribution in [1.82, 2.24) is 4.72 Å². The first-order valence-corrected chi connectivity index (χ1v) is 7.43. The third-order valence-electron chi connectivity index (χ3n) is 2.20. The Morgan fingerprint density at radius 1 is 1.50 bits per heavy atom. The normalized spacial score (nSPS) is 11.5. The van der Waals surface area contributed by atoms with Gasteiger partial charge in [0.25, 0.3) is 0 Å². The monoisotopic (exact) mass is 338 g/mol. The molecule has 0 spiro atoms. The van der Waals surface area contributed by atoms with E-state index in [1.165, 1.54) is 19.2 Å². The molecular weight excluding hydrogens is 324 g/mol. The van der Waals surface area contributed by atoms with Crippen molar-refractivity contribution in [2.45, 2.75) is 11.3 Å². The van der Waals surface area contributed by atoms with Crippen LogP contribution in [0.2, 0.25) is 0 Å². The standard InChI is InChI=1S/C10H15BrN2O4S/c1-17-9-5-7(11)8(12)6-10(9)18(15,16)13-3-2-4-14/h5-6,13-14H,2-4,12H2,1H3. The highest BCUT2D eigenvalue weighted by Crippen LogP contribution is 2.32. The molecule has 0 saturated heterocycles. The van der Waals surface area contributed by atoms with Crippen LogP contribution in [-0.4, -0.2) is 33.8 Å². The van der Waals surface area contributed by atoms with Crippen molar-refractivity contribution >= 4 is 31.6 Å². The minimum atomic E-state index is -3.70. The number of anilines is 1. The molecule has 18 heavy (non-hydrogen) atoms. The summed E-state index contributed by atoms with van der Waals surface area (Å²) in [7, 11) is -2.32. The number of benzene rings is 1. The van der Waals surface area contributed by atoms with Gasteiger partial charge in [-0.25, -0.2) is 13.1 Å². The van der Waals surface area contributed by atoms with Gasteiger partial charge in [-0.3, -0.25) is 0 Å². The predicted octanol–water partition coefficient (Wildman–Crippen LogP) is 0.701. The number of methoxy groups -OCH3 is 1. The number of aliphatic hydroxyl groups excluding tert-OH is 1. The molecule has 0 radical (unpaired) electrons. The second-order valence-electron chi connectivity index (χ2n) is 3.50. The van der Waals surface area contributed by atoms with E-state index in [-0.39, 0.29) is 23.8 Å². The van der Waals surface area contributed by atoms with Gasteiger partial charge < -0.3 is 15.6 Å². The van der Waals surface area contributed by atoms with Gasteiger partial charge in [0.2, 0.25) is 10.0 Å². The van der Waals surface area contributed by atoms with Crippen molar-refractivity contribution in [2.24, 2.45) is 0 Å². The zero-order chi connectivity index (χ0) is 13.8. The number of hydrogen-bond donors (Lipinski definition) is 3. The molecule has 0 aliphatic heterocycles. The molecule has 0 amide bonds. The van der Waals surface area contributed by atoms with E-state index >= 15 is 0 Å².